The Morgan fingerprint density at radius 3 is 2.72 bits per heavy atom. The van der Waals surface area contributed by atoms with Gasteiger partial charge in [0.2, 0.25) is 0 Å². The van der Waals surface area contributed by atoms with E-state index in [1.165, 1.54) is 12.7 Å². The molecule has 8 heteroatoms. The molecule has 1 fully saturated rings. The molecule has 5 rings (SSSR count). The number of fused-ring (bicyclic) bond motifs is 1. The molecular formula is C21H21N7O. The number of likely N-dealkylation sites (tertiary alicyclic amines) is 1. The van der Waals surface area contributed by atoms with Crippen LogP contribution in [0.15, 0.2) is 61.4 Å². The Morgan fingerprint density at radius 1 is 1.14 bits per heavy atom. The Bertz CT molecular complexity index is 1150. The van der Waals surface area contributed by atoms with E-state index in [1.807, 2.05) is 34.9 Å². The molecule has 4 heterocycles. The summed E-state index contributed by atoms with van der Waals surface area (Å²) in [4.78, 5) is 23.7. The minimum absolute atomic E-state index is 0.162. The van der Waals surface area contributed by atoms with E-state index in [-0.39, 0.29) is 5.91 Å². The van der Waals surface area contributed by atoms with Gasteiger partial charge in [0.1, 0.15) is 18.3 Å². The summed E-state index contributed by atoms with van der Waals surface area (Å²) in [6, 6.07) is 11.4. The number of carbonyl (C=O) groups is 1. The van der Waals surface area contributed by atoms with Gasteiger partial charge in [-0.15, -0.1) is 0 Å². The average molecular weight is 387 g/mol. The predicted octanol–water partition coefficient (Wildman–Crippen LogP) is 2.93. The number of hydrogen-bond donors (Lipinski definition) is 1. The van der Waals surface area contributed by atoms with Crippen molar-refractivity contribution in [1.82, 2.24) is 29.0 Å². The Labute approximate surface area is 167 Å². The standard InChI is InChI=1S/C21H21N7O/c1-26-10-2-3-19(26)18-12-27-11-16(6-9-20(27)25-18)24-21(29)15-4-7-17(8-5-15)28-14-22-13-23-28/h4-9,11-14,19H,2-3,10H2,1H3,(H,24,29). The fraction of sp³-hybridized carbons (Fsp3) is 0.238. The number of benzene rings is 1. The molecule has 1 aromatic carbocycles. The molecule has 0 radical (unpaired) electrons. The second kappa shape index (κ2) is 7.14. The van der Waals surface area contributed by atoms with Crippen molar-refractivity contribution in [2.45, 2.75) is 18.9 Å². The normalized spacial score (nSPS) is 17.1. The second-order valence-electron chi connectivity index (χ2n) is 7.33. The van der Waals surface area contributed by atoms with E-state index < -0.39 is 0 Å². The highest BCUT2D eigenvalue weighted by atomic mass is 16.1. The molecular weight excluding hydrogens is 366 g/mol. The van der Waals surface area contributed by atoms with Gasteiger partial charge in [0.15, 0.2) is 0 Å². The minimum atomic E-state index is -0.162. The van der Waals surface area contributed by atoms with Gasteiger partial charge in [0.05, 0.1) is 23.1 Å². The van der Waals surface area contributed by atoms with Gasteiger partial charge in [0, 0.05) is 18.0 Å². The second-order valence-corrected chi connectivity index (χ2v) is 7.33. The molecule has 0 bridgehead atoms. The topological polar surface area (TPSA) is 80.4 Å². The fourth-order valence-corrected chi connectivity index (χ4v) is 3.84. The predicted molar refractivity (Wildman–Crippen MR) is 109 cm³/mol. The first kappa shape index (κ1) is 17.6. The lowest BCUT2D eigenvalue weighted by molar-refractivity contribution is 0.102. The van der Waals surface area contributed by atoms with E-state index in [0.29, 0.717) is 11.6 Å². The lowest BCUT2D eigenvalue weighted by Gasteiger charge is -2.16. The number of hydrogen-bond acceptors (Lipinski definition) is 5. The molecule has 29 heavy (non-hydrogen) atoms. The summed E-state index contributed by atoms with van der Waals surface area (Å²) in [5, 5.41) is 7.05. The van der Waals surface area contributed by atoms with E-state index in [9.17, 15) is 4.79 Å². The highest BCUT2D eigenvalue weighted by Gasteiger charge is 2.24. The quantitative estimate of drug-likeness (QED) is 0.582. The smallest absolute Gasteiger partial charge is 0.255 e. The molecule has 0 spiro atoms. The number of anilines is 1. The number of nitrogens with one attached hydrogen (secondary N) is 1. The van der Waals surface area contributed by atoms with E-state index in [4.69, 9.17) is 4.98 Å². The maximum Gasteiger partial charge on any atom is 0.255 e. The van der Waals surface area contributed by atoms with Crippen molar-refractivity contribution in [3.05, 3.63) is 72.7 Å². The molecule has 1 atom stereocenters. The van der Waals surface area contributed by atoms with Crippen molar-refractivity contribution in [1.29, 1.82) is 0 Å². The van der Waals surface area contributed by atoms with Crippen molar-refractivity contribution < 1.29 is 4.79 Å². The molecule has 1 amide bonds. The number of carbonyl (C=O) groups excluding carboxylic acids is 1. The fourth-order valence-electron chi connectivity index (χ4n) is 3.84. The van der Waals surface area contributed by atoms with Gasteiger partial charge in [-0.05, 0) is 62.8 Å². The molecule has 1 aliphatic heterocycles. The summed E-state index contributed by atoms with van der Waals surface area (Å²) < 4.78 is 3.62. The largest absolute Gasteiger partial charge is 0.321 e. The minimum Gasteiger partial charge on any atom is -0.321 e. The van der Waals surface area contributed by atoms with Gasteiger partial charge in [-0.2, -0.15) is 5.10 Å². The first-order chi connectivity index (χ1) is 14.2. The van der Waals surface area contributed by atoms with Crippen LogP contribution >= 0.6 is 0 Å². The third-order valence-corrected chi connectivity index (χ3v) is 5.40. The van der Waals surface area contributed by atoms with E-state index in [0.717, 1.165) is 35.7 Å². The van der Waals surface area contributed by atoms with Crippen LogP contribution in [-0.2, 0) is 0 Å². The zero-order valence-electron chi connectivity index (χ0n) is 16.1. The SMILES string of the molecule is CN1CCCC1c1cn2cc(NC(=O)c3ccc(-n4cncn4)cc3)ccc2n1. The van der Waals surface area contributed by atoms with Crippen LogP contribution in [0.25, 0.3) is 11.3 Å². The van der Waals surface area contributed by atoms with Gasteiger partial charge in [-0.3, -0.25) is 9.69 Å². The Kier molecular flexibility index (Phi) is 4.33. The Hall–Kier alpha value is -3.52. The highest BCUT2D eigenvalue weighted by molar-refractivity contribution is 6.04. The molecule has 3 aromatic heterocycles. The Balaban J connectivity index is 1.33. The zero-order chi connectivity index (χ0) is 19.8. The van der Waals surface area contributed by atoms with Gasteiger partial charge in [-0.25, -0.2) is 14.6 Å². The molecule has 4 aromatic rings. The molecule has 146 valence electrons. The summed E-state index contributed by atoms with van der Waals surface area (Å²) in [6.07, 6.45) is 9.39. The van der Waals surface area contributed by atoms with Gasteiger partial charge < -0.3 is 9.72 Å². The van der Waals surface area contributed by atoms with E-state index >= 15 is 0 Å². The van der Waals surface area contributed by atoms with Crippen molar-refractivity contribution in [2.75, 3.05) is 18.9 Å². The van der Waals surface area contributed by atoms with E-state index in [2.05, 4.69) is 33.5 Å². The van der Waals surface area contributed by atoms with Crippen LogP contribution < -0.4 is 5.32 Å². The number of imidazole rings is 1. The number of aromatic nitrogens is 5. The van der Waals surface area contributed by atoms with Gasteiger partial charge >= 0.3 is 0 Å². The highest BCUT2D eigenvalue weighted by Crippen LogP contribution is 2.30. The monoisotopic (exact) mass is 387 g/mol. The maximum absolute atomic E-state index is 12.6. The van der Waals surface area contributed by atoms with Crippen molar-refractivity contribution in [3.63, 3.8) is 0 Å². The first-order valence-corrected chi connectivity index (χ1v) is 9.63. The average Bonchev–Trinajstić information content (AvgIpc) is 3.48. The molecule has 8 nitrogen and oxygen atoms in total. The van der Waals surface area contributed by atoms with Gasteiger partial charge in [-0.1, -0.05) is 0 Å². The van der Waals surface area contributed by atoms with Crippen molar-refractivity contribution in [2.24, 2.45) is 0 Å². The molecule has 1 unspecified atom stereocenters. The van der Waals surface area contributed by atoms with Crippen LogP contribution in [0.2, 0.25) is 0 Å². The van der Waals surface area contributed by atoms with Crippen LogP contribution in [0.4, 0.5) is 5.69 Å². The lowest BCUT2D eigenvalue weighted by Crippen LogP contribution is -2.17. The van der Waals surface area contributed by atoms with Crippen LogP contribution in [0.1, 0.15) is 34.9 Å². The first-order valence-electron chi connectivity index (χ1n) is 9.63. The van der Waals surface area contributed by atoms with E-state index in [1.54, 1.807) is 23.1 Å². The molecule has 0 saturated carbocycles. The maximum atomic E-state index is 12.6. The molecule has 1 aliphatic rings. The van der Waals surface area contributed by atoms with Crippen molar-refractivity contribution >= 4 is 17.2 Å². The van der Waals surface area contributed by atoms with Crippen LogP contribution in [-0.4, -0.2) is 48.5 Å². The summed E-state index contributed by atoms with van der Waals surface area (Å²) in [6.45, 7) is 1.11. The van der Waals surface area contributed by atoms with Crippen LogP contribution in [0.3, 0.4) is 0 Å². The van der Waals surface area contributed by atoms with Gasteiger partial charge in [0.25, 0.3) is 5.91 Å². The lowest BCUT2D eigenvalue weighted by atomic mass is 10.2. The van der Waals surface area contributed by atoms with Crippen LogP contribution in [0.5, 0.6) is 0 Å². The number of nitrogens with zero attached hydrogens (tertiary/aromatic N) is 6. The summed E-state index contributed by atoms with van der Waals surface area (Å²) in [5.74, 6) is -0.162. The third kappa shape index (κ3) is 3.38. The van der Waals surface area contributed by atoms with Crippen LogP contribution in [0, 0.1) is 0 Å². The number of pyridine rings is 1. The number of amides is 1. The third-order valence-electron chi connectivity index (χ3n) is 5.40. The molecule has 0 aliphatic carbocycles. The zero-order valence-corrected chi connectivity index (χ0v) is 16.1. The molecule has 1 N–H and O–H groups in total. The number of rotatable bonds is 4. The summed E-state index contributed by atoms with van der Waals surface area (Å²) in [7, 11) is 2.14. The summed E-state index contributed by atoms with van der Waals surface area (Å²) in [5.41, 5.74) is 4.12. The molecule has 1 saturated heterocycles. The Morgan fingerprint density at radius 2 is 2.00 bits per heavy atom. The van der Waals surface area contributed by atoms with Crippen molar-refractivity contribution in [3.8, 4) is 5.69 Å². The summed E-state index contributed by atoms with van der Waals surface area (Å²) >= 11 is 0.